The van der Waals surface area contributed by atoms with E-state index in [-0.39, 0.29) is 11.9 Å². The van der Waals surface area contributed by atoms with Gasteiger partial charge >= 0.3 is 5.97 Å². The number of nitrogens with one attached hydrogen (secondary N) is 1. The number of amides is 1. The summed E-state index contributed by atoms with van der Waals surface area (Å²) in [6.45, 7) is 10.2. The molecule has 1 amide bonds. The maximum atomic E-state index is 13.1. The number of nitrogens with zero attached hydrogens (tertiary/aromatic N) is 3. The van der Waals surface area contributed by atoms with Crippen LogP contribution in [0.2, 0.25) is 0 Å². The molecule has 32 heavy (non-hydrogen) atoms. The average molecular weight is 441 g/mol. The lowest BCUT2D eigenvalue weighted by Crippen LogP contribution is -2.48. The molecule has 1 aromatic carbocycles. The number of carbonyl (C=O) groups is 2. The molecule has 4 rings (SSSR count). The summed E-state index contributed by atoms with van der Waals surface area (Å²) in [6.07, 6.45) is 2.23. The Morgan fingerprint density at radius 2 is 1.72 bits per heavy atom. The molecule has 1 N–H and O–H groups in total. The molecule has 1 aromatic rings. The van der Waals surface area contributed by atoms with Gasteiger partial charge in [0.15, 0.2) is 0 Å². The topological polar surface area (TPSA) is 65.1 Å². The van der Waals surface area contributed by atoms with Crippen LogP contribution in [-0.4, -0.2) is 91.6 Å². The molecule has 3 aliphatic heterocycles. The Labute approximate surface area is 191 Å². The minimum absolute atomic E-state index is 0.136. The van der Waals surface area contributed by atoms with Gasteiger partial charge in [-0.2, -0.15) is 0 Å². The molecular formula is C25H36N4O3. The number of piperazine rings is 1. The van der Waals surface area contributed by atoms with Crippen LogP contribution in [-0.2, 0) is 20.9 Å². The molecule has 0 saturated carbocycles. The minimum Gasteiger partial charge on any atom is -0.450 e. The third kappa shape index (κ3) is 5.22. The number of likely N-dealkylation sites (tertiary alicyclic amines) is 1. The Morgan fingerprint density at radius 3 is 2.41 bits per heavy atom. The fraction of sp³-hybridized carbons (Fsp3) is 0.600. The highest BCUT2D eigenvalue weighted by Crippen LogP contribution is 2.41. The second kappa shape index (κ2) is 10.1. The Balaban J connectivity index is 1.29. The first-order chi connectivity index (χ1) is 15.5. The van der Waals surface area contributed by atoms with Crippen LogP contribution >= 0.6 is 0 Å². The molecule has 3 heterocycles. The zero-order valence-electron chi connectivity index (χ0n) is 19.4. The summed E-state index contributed by atoms with van der Waals surface area (Å²) >= 11 is 0. The van der Waals surface area contributed by atoms with E-state index in [1.54, 1.807) is 6.92 Å². The molecule has 2 fully saturated rings. The quantitative estimate of drug-likeness (QED) is 0.514. The third-order valence-corrected chi connectivity index (χ3v) is 7.10. The lowest BCUT2D eigenvalue weighted by Gasteiger charge is -2.39. The summed E-state index contributed by atoms with van der Waals surface area (Å²) in [6, 6.07) is 10.4. The molecule has 0 radical (unpaired) electrons. The molecule has 0 atom stereocenters. The fourth-order valence-electron chi connectivity index (χ4n) is 5.06. The second-order valence-electron chi connectivity index (χ2n) is 9.40. The fourth-order valence-corrected chi connectivity index (χ4v) is 5.06. The molecule has 7 heteroatoms. The van der Waals surface area contributed by atoms with Crippen LogP contribution in [0.25, 0.3) is 0 Å². The van der Waals surface area contributed by atoms with Crippen LogP contribution in [0, 0.1) is 0 Å². The number of hydrogen-bond donors (Lipinski definition) is 1. The van der Waals surface area contributed by atoms with Gasteiger partial charge in [0.05, 0.1) is 5.57 Å². The van der Waals surface area contributed by atoms with E-state index >= 15 is 0 Å². The van der Waals surface area contributed by atoms with Crippen molar-refractivity contribution in [1.82, 2.24) is 20.0 Å². The molecule has 3 aliphatic rings. The number of likely N-dealkylation sites (N-methyl/N-ethyl adjacent to an activating group) is 1. The van der Waals surface area contributed by atoms with Crippen molar-refractivity contribution in [2.45, 2.75) is 38.3 Å². The van der Waals surface area contributed by atoms with Crippen LogP contribution in [0.4, 0.5) is 0 Å². The van der Waals surface area contributed by atoms with Crippen LogP contribution in [0.3, 0.4) is 0 Å². The average Bonchev–Trinajstić information content (AvgIpc) is 3.04. The molecule has 0 aliphatic carbocycles. The molecular weight excluding hydrogens is 404 g/mol. The highest BCUT2D eigenvalue weighted by molar-refractivity contribution is 6.07. The van der Waals surface area contributed by atoms with Gasteiger partial charge in [-0.15, -0.1) is 0 Å². The summed E-state index contributed by atoms with van der Waals surface area (Å²) in [5.41, 5.74) is 1.53. The van der Waals surface area contributed by atoms with E-state index in [2.05, 4.69) is 51.3 Å². The highest BCUT2D eigenvalue weighted by Gasteiger charge is 2.50. The van der Waals surface area contributed by atoms with Gasteiger partial charge in [0.25, 0.3) is 5.91 Å². The van der Waals surface area contributed by atoms with Crippen molar-refractivity contribution in [2.75, 3.05) is 59.4 Å². The largest absolute Gasteiger partial charge is 0.450 e. The molecule has 0 bridgehead atoms. The first kappa shape index (κ1) is 23.0. The zero-order valence-corrected chi connectivity index (χ0v) is 19.4. The van der Waals surface area contributed by atoms with Crippen molar-refractivity contribution in [1.29, 1.82) is 0 Å². The molecule has 2 saturated heterocycles. The summed E-state index contributed by atoms with van der Waals surface area (Å²) in [7, 11) is 2.15. The maximum Gasteiger partial charge on any atom is 0.335 e. The standard InChI is InChI=1S/C25H36N4O3/c1-20-22(23(30)26-11-6-12-28-17-15-27(2)16-18-28)25(32-24(20)31)9-13-29(14-10-25)19-21-7-4-3-5-8-21/h3-5,7-8H,6,9-19H2,1-2H3,(H,26,30). The molecule has 0 unspecified atom stereocenters. The summed E-state index contributed by atoms with van der Waals surface area (Å²) in [5, 5.41) is 3.07. The van der Waals surface area contributed by atoms with E-state index < -0.39 is 5.60 Å². The summed E-state index contributed by atoms with van der Waals surface area (Å²) < 4.78 is 5.83. The molecule has 0 aromatic heterocycles. The maximum absolute atomic E-state index is 13.1. The number of carbonyl (C=O) groups excluding carboxylic acids is 2. The normalized spacial score (nSPS) is 22.4. The highest BCUT2D eigenvalue weighted by atomic mass is 16.6. The summed E-state index contributed by atoms with van der Waals surface area (Å²) in [5.74, 6) is -0.479. The number of piperidine rings is 1. The summed E-state index contributed by atoms with van der Waals surface area (Å²) in [4.78, 5) is 32.7. The van der Waals surface area contributed by atoms with Gasteiger partial charge in [0.2, 0.25) is 0 Å². The lowest BCUT2D eigenvalue weighted by molar-refractivity contribution is -0.151. The number of rotatable bonds is 7. The van der Waals surface area contributed by atoms with Gasteiger partial charge in [-0.05, 0) is 32.5 Å². The number of ether oxygens (including phenoxy) is 1. The van der Waals surface area contributed by atoms with Crippen molar-refractivity contribution < 1.29 is 14.3 Å². The van der Waals surface area contributed by atoms with Crippen molar-refractivity contribution in [3.05, 3.63) is 47.0 Å². The van der Waals surface area contributed by atoms with Gasteiger partial charge in [-0.1, -0.05) is 30.3 Å². The van der Waals surface area contributed by atoms with Crippen LogP contribution in [0.15, 0.2) is 41.5 Å². The molecule has 174 valence electrons. The Bertz CT molecular complexity index is 838. The van der Waals surface area contributed by atoms with Crippen molar-refractivity contribution >= 4 is 11.9 Å². The van der Waals surface area contributed by atoms with Gasteiger partial charge in [-0.3, -0.25) is 9.69 Å². The predicted octanol–water partition coefficient (Wildman–Crippen LogP) is 1.65. The van der Waals surface area contributed by atoms with Gasteiger partial charge in [-0.25, -0.2) is 4.79 Å². The third-order valence-electron chi connectivity index (χ3n) is 7.10. The predicted molar refractivity (Wildman–Crippen MR) is 124 cm³/mol. The van der Waals surface area contributed by atoms with Crippen molar-refractivity contribution in [3.8, 4) is 0 Å². The van der Waals surface area contributed by atoms with E-state index in [1.165, 1.54) is 5.56 Å². The Kier molecular flexibility index (Phi) is 7.28. The van der Waals surface area contributed by atoms with Crippen molar-refractivity contribution in [3.63, 3.8) is 0 Å². The SMILES string of the molecule is CC1=C(C(=O)NCCCN2CCN(C)CC2)C2(CCN(Cc3ccccc3)CC2)OC1=O. The smallest absolute Gasteiger partial charge is 0.335 e. The second-order valence-corrected chi connectivity index (χ2v) is 9.40. The first-order valence-corrected chi connectivity index (χ1v) is 11.9. The van der Waals surface area contributed by atoms with Crippen LogP contribution < -0.4 is 5.32 Å². The lowest BCUT2D eigenvalue weighted by atomic mass is 9.82. The van der Waals surface area contributed by atoms with E-state index in [4.69, 9.17) is 4.74 Å². The first-order valence-electron chi connectivity index (χ1n) is 11.9. The van der Waals surface area contributed by atoms with Crippen LogP contribution in [0.5, 0.6) is 0 Å². The number of benzene rings is 1. The Morgan fingerprint density at radius 1 is 1.03 bits per heavy atom. The van der Waals surface area contributed by atoms with Gasteiger partial charge in [0.1, 0.15) is 5.60 Å². The van der Waals surface area contributed by atoms with Gasteiger partial charge < -0.3 is 19.9 Å². The number of esters is 1. The van der Waals surface area contributed by atoms with E-state index in [0.717, 1.165) is 58.8 Å². The van der Waals surface area contributed by atoms with E-state index in [9.17, 15) is 9.59 Å². The monoisotopic (exact) mass is 440 g/mol. The van der Waals surface area contributed by atoms with Crippen molar-refractivity contribution in [2.24, 2.45) is 0 Å². The number of hydrogen-bond acceptors (Lipinski definition) is 6. The van der Waals surface area contributed by atoms with Gasteiger partial charge in [0, 0.05) is 70.8 Å². The molecule has 1 spiro atoms. The molecule has 7 nitrogen and oxygen atoms in total. The van der Waals surface area contributed by atoms with Crippen LogP contribution in [0.1, 0.15) is 31.7 Å². The minimum atomic E-state index is -0.768. The van der Waals surface area contributed by atoms with E-state index in [1.807, 2.05) is 6.07 Å². The Hall–Kier alpha value is -2.22. The van der Waals surface area contributed by atoms with E-state index in [0.29, 0.717) is 30.5 Å². The zero-order chi connectivity index (χ0) is 22.6.